The molecule has 14 heavy (non-hydrogen) atoms. The van der Waals surface area contributed by atoms with Crippen molar-refractivity contribution in [3.63, 3.8) is 0 Å². The van der Waals surface area contributed by atoms with Crippen molar-refractivity contribution in [2.75, 3.05) is 17.3 Å². The zero-order chi connectivity index (χ0) is 10.8. The van der Waals surface area contributed by atoms with Crippen LogP contribution in [0.2, 0.25) is 5.02 Å². The van der Waals surface area contributed by atoms with Crippen molar-refractivity contribution in [1.82, 2.24) is 9.97 Å². The SMILES string of the molecule is CN(c1ncc(Cl)cn1)C(C)(C)CBr. The van der Waals surface area contributed by atoms with Gasteiger partial charge < -0.3 is 4.90 Å². The molecule has 1 aromatic rings. The normalized spacial score (nSPS) is 11.5. The Bertz CT molecular complexity index is 299. The van der Waals surface area contributed by atoms with Gasteiger partial charge in [-0.05, 0) is 13.8 Å². The van der Waals surface area contributed by atoms with Gasteiger partial charge in [0.15, 0.2) is 0 Å². The molecular weight excluding hydrogens is 265 g/mol. The van der Waals surface area contributed by atoms with Crippen LogP contribution in [0.4, 0.5) is 5.95 Å². The van der Waals surface area contributed by atoms with Crippen molar-refractivity contribution in [2.24, 2.45) is 0 Å². The third-order valence-corrected chi connectivity index (χ3v) is 3.71. The van der Waals surface area contributed by atoms with E-state index in [9.17, 15) is 0 Å². The summed E-state index contributed by atoms with van der Waals surface area (Å²) in [5, 5.41) is 1.40. The third kappa shape index (κ3) is 2.58. The Kier molecular flexibility index (Phi) is 3.72. The molecule has 0 fully saturated rings. The summed E-state index contributed by atoms with van der Waals surface area (Å²) < 4.78 is 0. The van der Waals surface area contributed by atoms with Crippen LogP contribution in [-0.2, 0) is 0 Å². The highest BCUT2D eigenvalue weighted by atomic mass is 79.9. The first-order valence-electron chi connectivity index (χ1n) is 4.25. The van der Waals surface area contributed by atoms with E-state index in [0.29, 0.717) is 11.0 Å². The molecule has 0 aromatic carbocycles. The second-order valence-electron chi connectivity index (χ2n) is 3.71. The van der Waals surface area contributed by atoms with Gasteiger partial charge in [0.2, 0.25) is 5.95 Å². The quantitative estimate of drug-likeness (QED) is 0.796. The van der Waals surface area contributed by atoms with Gasteiger partial charge in [0.1, 0.15) is 0 Å². The lowest BCUT2D eigenvalue weighted by Gasteiger charge is -2.33. The number of hydrogen-bond donors (Lipinski definition) is 0. The Morgan fingerprint density at radius 2 is 1.93 bits per heavy atom. The monoisotopic (exact) mass is 277 g/mol. The number of hydrogen-bond acceptors (Lipinski definition) is 3. The smallest absolute Gasteiger partial charge is 0.225 e. The fourth-order valence-corrected chi connectivity index (χ4v) is 1.31. The van der Waals surface area contributed by atoms with E-state index >= 15 is 0 Å². The molecule has 0 atom stereocenters. The fourth-order valence-electron chi connectivity index (χ4n) is 0.839. The third-order valence-electron chi connectivity index (χ3n) is 2.14. The number of aromatic nitrogens is 2. The van der Waals surface area contributed by atoms with Gasteiger partial charge in [-0.3, -0.25) is 0 Å². The van der Waals surface area contributed by atoms with E-state index in [1.165, 1.54) is 0 Å². The van der Waals surface area contributed by atoms with E-state index in [1.807, 2.05) is 11.9 Å². The van der Waals surface area contributed by atoms with Crippen LogP contribution >= 0.6 is 27.5 Å². The van der Waals surface area contributed by atoms with E-state index in [4.69, 9.17) is 11.6 Å². The lowest BCUT2D eigenvalue weighted by atomic mass is 10.1. The maximum absolute atomic E-state index is 5.71. The van der Waals surface area contributed by atoms with Crippen LogP contribution in [0, 0.1) is 0 Å². The maximum atomic E-state index is 5.71. The van der Waals surface area contributed by atoms with Crippen LogP contribution < -0.4 is 4.90 Å². The highest BCUT2D eigenvalue weighted by Crippen LogP contribution is 2.20. The van der Waals surface area contributed by atoms with Crippen LogP contribution in [0.1, 0.15) is 13.8 Å². The number of rotatable bonds is 3. The summed E-state index contributed by atoms with van der Waals surface area (Å²) >= 11 is 9.17. The standard InChI is InChI=1S/C9H13BrClN3/c1-9(2,6-10)14(3)8-12-4-7(11)5-13-8/h4-5H,6H2,1-3H3. The largest absolute Gasteiger partial charge is 0.338 e. The van der Waals surface area contributed by atoms with Crippen LogP contribution in [0.25, 0.3) is 0 Å². The highest BCUT2D eigenvalue weighted by Gasteiger charge is 2.23. The van der Waals surface area contributed by atoms with E-state index in [0.717, 1.165) is 5.33 Å². The summed E-state index contributed by atoms with van der Waals surface area (Å²) in [5.41, 5.74) is -0.0200. The molecule has 78 valence electrons. The summed E-state index contributed by atoms with van der Waals surface area (Å²) in [5.74, 6) is 0.679. The second-order valence-corrected chi connectivity index (χ2v) is 4.70. The minimum absolute atomic E-state index is 0.0200. The van der Waals surface area contributed by atoms with E-state index < -0.39 is 0 Å². The molecule has 5 heteroatoms. The summed E-state index contributed by atoms with van der Waals surface area (Å²) in [6.07, 6.45) is 3.20. The Hall–Kier alpha value is -0.350. The molecule has 0 aliphatic carbocycles. The molecule has 1 heterocycles. The molecule has 1 aromatic heterocycles. The van der Waals surface area contributed by atoms with Crippen LogP contribution in [0.3, 0.4) is 0 Å². The Balaban J connectivity index is 2.89. The van der Waals surface area contributed by atoms with Gasteiger partial charge in [0.25, 0.3) is 0 Å². The number of anilines is 1. The molecule has 0 amide bonds. The zero-order valence-electron chi connectivity index (χ0n) is 8.46. The molecule has 0 spiro atoms. The Morgan fingerprint density at radius 1 is 1.43 bits per heavy atom. The highest BCUT2D eigenvalue weighted by molar-refractivity contribution is 9.09. The number of nitrogens with zero attached hydrogens (tertiary/aromatic N) is 3. The van der Waals surface area contributed by atoms with Crippen molar-refractivity contribution >= 4 is 33.5 Å². The van der Waals surface area contributed by atoms with E-state index in [1.54, 1.807) is 12.4 Å². The van der Waals surface area contributed by atoms with Crippen molar-refractivity contribution in [1.29, 1.82) is 0 Å². The molecule has 0 N–H and O–H groups in total. The van der Waals surface area contributed by atoms with E-state index in [-0.39, 0.29) is 5.54 Å². The maximum Gasteiger partial charge on any atom is 0.225 e. The van der Waals surface area contributed by atoms with Crippen molar-refractivity contribution in [3.05, 3.63) is 17.4 Å². The lowest BCUT2D eigenvalue weighted by Crippen LogP contribution is -2.43. The van der Waals surface area contributed by atoms with Gasteiger partial charge in [-0.2, -0.15) is 0 Å². The molecule has 0 saturated heterocycles. The average Bonchev–Trinajstić information content (AvgIpc) is 2.18. The molecule has 3 nitrogen and oxygen atoms in total. The first kappa shape index (κ1) is 11.7. The van der Waals surface area contributed by atoms with Gasteiger partial charge in [-0.1, -0.05) is 27.5 Å². The number of alkyl halides is 1. The Labute approximate surface area is 97.6 Å². The second kappa shape index (κ2) is 4.45. The molecular formula is C9H13BrClN3. The summed E-state index contributed by atoms with van der Waals surface area (Å²) in [4.78, 5) is 10.3. The minimum atomic E-state index is -0.0200. The molecule has 0 saturated carbocycles. The molecule has 0 unspecified atom stereocenters. The summed E-state index contributed by atoms with van der Waals surface area (Å²) in [6.45, 7) is 4.22. The predicted molar refractivity (Wildman–Crippen MR) is 63.3 cm³/mol. The summed E-state index contributed by atoms with van der Waals surface area (Å²) in [6, 6.07) is 0. The van der Waals surface area contributed by atoms with Gasteiger partial charge in [0.05, 0.1) is 17.4 Å². The van der Waals surface area contributed by atoms with E-state index in [2.05, 4.69) is 39.7 Å². The van der Waals surface area contributed by atoms with Gasteiger partial charge >= 0.3 is 0 Å². The number of halogens is 2. The topological polar surface area (TPSA) is 29.0 Å². The van der Waals surface area contributed by atoms with Gasteiger partial charge in [-0.25, -0.2) is 9.97 Å². The molecule has 1 rings (SSSR count). The fraction of sp³-hybridized carbons (Fsp3) is 0.556. The average molecular weight is 279 g/mol. The molecule has 0 bridgehead atoms. The lowest BCUT2D eigenvalue weighted by molar-refractivity contribution is 0.541. The minimum Gasteiger partial charge on any atom is -0.338 e. The first-order chi connectivity index (χ1) is 6.47. The Morgan fingerprint density at radius 3 is 2.36 bits per heavy atom. The van der Waals surface area contributed by atoms with Crippen molar-refractivity contribution in [2.45, 2.75) is 19.4 Å². The van der Waals surface area contributed by atoms with Crippen LogP contribution in [0.5, 0.6) is 0 Å². The van der Waals surface area contributed by atoms with Gasteiger partial charge in [-0.15, -0.1) is 0 Å². The van der Waals surface area contributed by atoms with Gasteiger partial charge in [0, 0.05) is 17.9 Å². The molecule has 0 radical (unpaired) electrons. The van der Waals surface area contributed by atoms with Crippen LogP contribution in [-0.4, -0.2) is 27.9 Å². The molecule has 0 aliphatic rings. The van der Waals surface area contributed by atoms with Crippen molar-refractivity contribution < 1.29 is 0 Å². The zero-order valence-corrected chi connectivity index (χ0v) is 10.8. The summed E-state index contributed by atoms with van der Waals surface area (Å²) in [7, 11) is 1.96. The van der Waals surface area contributed by atoms with Crippen molar-refractivity contribution in [3.8, 4) is 0 Å². The molecule has 0 aliphatic heterocycles. The predicted octanol–water partition coefficient (Wildman–Crippen LogP) is 2.74. The first-order valence-corrected chi connectivity index (χ1v) is 5.74. The van der Waals surface area contributed by atoms with Crippen LogP contribution in [0.15, 0.2) is 12.4 Å².